The summed E-state index contributed by atoms with van der Waals surface area (Å²) < 4.78 is 0. The second kappa shape index (κ2) is 12.9. The Morgan fingerprint density at radius 2 is 1.61 bits per heavy atom. The highest BCUT2D eigenvalue weighted by Gasteiger charge is 2.32. The minimum absolute atomic E-state index is 0. The van der Waals surface area contributed by atoms with Crippen LogP contribution in [0.1, 0.15) is 51.4 Å². The number of rotatable bonds is 7. The molecular weight excluding hydrogens is 403 g/mol. The molecular formula is C19H36Cl2N4O3. The lowest BCUT2D eigenvalue weighted by Crippen LogP contribution is -2.59. The van der Waals surface area contributed by atoms with Crippen LogP contribution in [0.25, 0.3) is 0 Å². The van der Waals surface area contributed by atoms with Crippen molar-refractivity contribution < 1.29 is 14.7 Å². The normalized spacial score (nSPS) is 27.3. The molecule has 2 heterocycles. The quantitative estimate of drug-likeness (QED) is 0.591. The zero-order valence-corrected chi connectivity index (χ0v) is 18.3. The van der Waals surface area contributed by atoms with Gasteiger partial charge in [0.15, 0.2) is 0 Å². The Labute approximate surface area is 181 Å². The molecule has 7 nitrogen and oxygen atoms in total. The molecule has 28 heavy (non-hydrogen) atoms. The summed E-state index contributed by atoms with van der Waals surface area (Å²) in [6, 6.07) is 0.992. The van der Waals surface area contributed by atoms with Crippen LogP contribution in [0.2, 0.25) is 0 Å². The first-order valence-electron chi connectivity index (χ1n) is 10.3. The molecule has 164 valence electrons. The van der Waals surface area contributed by atoms with Gasteiger partial charge in [-0.2, -0.15) is 0 Å². The van der Waals surface area contributed by atoms with Crippen LogP contribution in [0.4, 0.5) is 0 Å². The highest BCUT2D eigenvalue weighted by atomic mass is 35.5. The SMILES string of the molecule is Cl.Cl.O=CN(C1CCC(CCC(=O)O)CC1)N1CCN(C2CCNCC2)CC1. The molecule has 0 unspecified atom stereocenters. The number of piperidine rings is 1. The Bertz CT molecular complexity index is 464. The van der Waals surface area contributed by atoms with Crippen molar-refractivity contribution in [1.82, 2.24) is 20.2 Å². The number of hydrogen-bond acceptors (Lipinski definition) is 5. The number of carbonyl (C=O) groups excluding carboxylic acids is 1. The molecule has 1 aliphatic carbocycles. The first kappa shape index (κ1) is 25.4. The van der Waals surface area contributed by atoms with Crippen molar-refractivity contribution in [3.8, 4) is 0 Å². The van der Waals surface area contributed by atoms with Gasteiger partial charge in [0, 0.05) is 44.7 Å². The van der Waals surface area contributed by atoms with E-state index in [2.05, 4.69) is 15.2 Å². The van der Waals surface area contributed by atoms with Crippen molar-refractivity contribution in [1.29, 1.82) is 0 Å². The van der Waals surface area contributed by atoms with E-state index in [4.69, 9.17) is 5.11 Å². The monoisotopic (exact) mass is 438 g/mol. The first-order valence-corrected chi connectivity index (χ1v) is 10.3. The Morgan fingerprint density at radius 1 is 1.00 bits per heavy atom. The molecule has 2 aliphatic heterocycles. The average molecular weight is 439 g/mol. The number of carbonyl (C=O) groups is 2. The zero-order chi connectivity index (χ0) is 18.4. The van der Waals surface area contributed by atoms with Gasteiger partial charge in [-0.25, -0.2) is 5.01 Å². The molecule has 3 rings (SSSR count). The molecule has 0 atom stereocenters. The number of aliphatic carboxylic acids is 1. The third-order valence-corrected chi connectivity index (χ3v) is 6.51. The van der Waals surface area contributed by atoms with Crippen LogP contribution < -0.4 is 5.32 Å². The zero-order valence-electron chi connectivity index (χ0n) is 16.6. The minimum atomic E-state index is -0.701. The third-order valence-electron chi connectivity index (χ3n) is 6.51. The smallest absolute Gasteiger partial charge is 0.303 e. The highest BCUT2D eigenvalue weighted by Crippen LogP contribution is 2.31. The van der Waals surface area contributed by atoms with Crippen molar-refractivity contribution in [2.45, 2.75) is 63.5 Å². The average Bonchev–Trinajstić information content (AvgIpc) is 2.69. The molecule has 0 spiro atoms. The number of carboxylic acids is 1. The van der Waals surface area contributed by atoms with Crippen LogP contribution in [0, 0.1) is 5.92 Å². The lowest BCUT2D eigenvalue weighted by Gasteiger charge is -2.46. The van der Waals surface area contributed by atoms with Crippen LogP contribution >= 0.6 is 24.8 Å². The van der Waals surface area contributed by atoms with Gasteiger partial charge in [-0.1, -0.05) is 0 Å². The van der Waals surface area contributed by atoms with Crippen molar-refractivity contribution in [3.63, 3.8) is 0 Å². The fourth-order valence-corrected chi connectivity index (χ4v) is 4.89. The molecule has 0 bridgehead atoms. The van der Waals surface area contributed by atoms with E-state index >= 15 is 0 Å². The Morgan fingerprint density at radius 3 is 2.14 bits per heavy atom. The van der Waals surface area contributed by atoms with Gasteiger partial charge in [0.05, 0.1) is 0 Å². The van der Waals surface area contributed by atoms with Gasteiger partial charge in [0.1, 0.15) is 0 Å². The Kier molecular flexibility index (Phi) is 11.7. The Balaban J connectivity index is 0.00000196. The number of amides is 1. The van der Waals surface area contributed by atoms with Crippen LogP contribution in [-0.2, 0) is 9.59 Å². The summed E-state index contributed by atoms with van der Waals surface area (Å²) in [5.74, 6) is -0.194. The van der Waals surface area contributed by atoms with Crippen LogP contribution in [-0.4, -0.2) is 83.8 Å². The van der Waals surface area contributed by atoms with E-state index in [1.807, 2.05) is 5.01 Å². The number of halogens is 2. The molecule has 0 aromatic heterocycles. The van der Waals surface area contributed by atoms with Crippen LogP contribution in [0.15, 0.2) is 0 Å². The molecule has 9 heteroatoms. The van der Waals surface area contributed by atoms with Gasteiger partial charge in [0.2, 0.25) is 6.41 Å². The summed E-state index contributed by atoms with van der Waals surface area (Å²) in [5, 5.41) is 16.5. The number of hydrogen-bond donors (Lipinski definition) is 2. The van der Waals surface area contributed by atoms with Crippen molar-refractivity contribution in [3.05, 3.63) is 0 Å². The number of nitrogens with zero attached hydrogens (tertiary/aromatic N) is 3. The number of nitrogens with one attached hydrogen (secondary N) is 1. The van der Waals surface area contributed by atoms with Crippen molar-refractivity contribution >= 4 is 37.2 Å². The third kappa shape index (κ3) is 7.02. The standard InChI is InChI=1S/C19H34N4O3.2ClH/c24-15-23(18-4-1-16(2-5-18)3-6-19(25)26)22-13-11-21(12-14-22)17-7-9-20-10-8-17;;/h15-18,20H,1-14H2,(H,25,26);2*1H. The first-order chi connectivity index (χ1) is 12.7. The maximum atomic E-state index is 11.8. The second-order valence-corrected chi connectivity index (χ2v) is 8.06. The fraction of sp³-hybridized carbons (Fsp3) is 0.895. The van der Waals surface area contributed by atoms with E-state index < -0.39 is 5.97 Å². The molecule has 1 saturated carbocycles. The molecule has 3 fully saturated rings. The summed E-state index contributed by atoms with van der Waals surface area (Å²) in [4.78, 5) is 25.1. The number of hydrazine groups is 1. The summed E-state index contributed by atoms with van der Waals surface area (Å²) in [6.45, 7) is 6.20. The predicted molar refractivity (Wildman–Crippen MR) is 114 cm³/mol. The maximum Gasteiger partial charge on any atom is 0.303 e. The molecule has 0 aromatic rings. The van der Waals surface area contributed by atoms with Crippen molar-refractivity contribution in [2.24, 2.45) is 5.92 Å². The van der Waals surface area contributed by atoms with E-state index in [1.54, 1.807) is 0 Å². The second-order valence-electron chi connectivity index (χ2n) is 8.06. The molecule has 0 aromatic carbocycles. The van der Waals surface area contributed by atoms with E-state index in [-0.39, 0.29) is 31.2 Å². The van der Waals surface area contributed by atoms with Gasteiger partial charge in [-0.05, 0) is 64.0 Å². The summed E-state index contributed by atoms with van der Waals surface area (Å²) >= 11 is 0. The Hall–Kier alpha value is -0.600. The van der Waals surface area contributed by atoms with E-state index in [9.17, 15) is 9.59 Å². The van der Waals surface area contributed by atoms with Gasteiger partial charge < -0.3 is 10.4 Å². The topological polar surface area (TPSA) is 76.1 Å². The van der Waals surface area contributed by atoms with Gasteiger partial charge >= 0.3 is 5.97 Å². The molecule has 1 amide bonds. The van der Waals surface area contributed by atoms with E-state index in [0.717, 1.165) is 77.8 Å². The molecule has 3 aliphatic rings. The fourth-order valence-electron chi connectivity index (χ4n) is 4.89. The lowest BCUT2D eigenvalue weighted by atomic mass is 9.83. The van der Waals surface area contributed by atoms with E-state index in [0.29, 0.717) is 18.0 Å². The summed E-state index contributed by atoms with van der Waals surface area (Å²) in [5.41, 5.74) is 0. The number of piperazine rings is 1. The molecule has 0 radical (unpaired) electrons. The minimum Gasteiger partial charge on any atom is -0.481 e. The maximum absolute atomic E-state index is 11.8. The van der Waals surface area contributed by atoms with Gasteiger partial charge in [-0.15, -0.1) is 24.8 Å². The van der Waals surface area contributed by atoms with Crippen molar-refractivity contribution in [2.75, 3.05) is 39.3 Å². The van der Waals surface area contributed by atoms with Crippen LogP contribution in [0.5, 0.6) is 0 Å². The van der Waals surface area contributed by atoms with E-state index in [1.165, 1.54) is 12.8 Å². The lowest BCUT2D eigenvalue weighted by molar-refractivity contribution is -0.148. The summed E-state index contributed by atoms with van der Waals surface area (Å²) in [7, 11) is 0. The summed E-state index contributed by atoms with van der Waals surface area (Å²) in [6.07, 6.45) is 8.60. The molecule has 2 N–H and O–H groups in total. The van der Waals surface area contributed by atoms with Gasteiger partial charge in [-0.3, -0.25) is 19.5 Å². The van der Waals surface area contributed by atoms with Gasteiger partial charge in [0.25, 0.3) is 0 Å². The number of carboxylic acid groups (broad SMARTS) is 1. The highest BCUT2D eigenvalue weighted by molar-refractivity contribution is 5.85. The largest absolute Gasteiger partial charge is 0.481 e. The predicted octanol–water partition coefficient (Wildman–Crippen LogP) is 2.00. The van der Waals surface area contributed by atoms with Crippen LogP contribution in [0.3, 0.4) is 0 Å². The molecule has 2 saturated heterocycles.